The van der Waals surface area contributed by atoms with Crippen LogP contribution in [-0.4, -0.2) is 16.2 Å². The van der Waals surface area contributed by atoms with Gasteiger partial charge in [-0.15, -0.1) is 0 Å². The first kappa shape index (κ1) is 19.7. The van der Waals surface area contributed by atoms with Crippen molar-refractivity contribution in [3.05, 3.63) is 108 Å². The molecule has 3 aromatic rings. The van der Waals surface area contributed by atoms with E-state index >= 15 is 0 Å². The van der Waals surface area contributed by atoms with Crippen LogP contribution in [0.25, 0.3) is 0 Å². The summed E-state index contributed by atoms with van der Waals surface area (Å²) in [6.07, 6.45) is 1.50. The van der Waals surface area contributed by atoms with E-state index in [1.807, 2.05) is 0 Å². The molecule has 7 fully saturated rings. The van der Waals surface area contributed by atoms with E-state index in [9.17, 15) is 0 Å². The summed E-state index contributed by atoms with van der Waals surface area (Å²) in [7, 11) is 0. The summed E-state index contributed by atoms with van der Waals surface area (Å²) in [6.45, 7) is 2.99. The van der Waals surface area contributed by atoms with Gasteiger partial charge in [-0.2, -0.15) is 0 Å². The molecule has 3 nitrogen and oxygen atoms in total. The highest BCUT2D eigenvalue weighted by molar-refractivity contribution is 5.47. The van der Waals surface area contributed by atoms with Crippen LogP contribution in [0.2, 0.25) is 0 Å². The molecule has 0 radical (unpaired) electrons. The highest BCUT2D eigenvalue weighted by Crippen LogP contribution is 2.92. The van der Waals surface area contributed by atoms with Crippen molar-refractivity contribution in [1.82, 2.24) is 15.5 Å². The van der Waals surface area contributed by atoms with Gasteiger partial charge >= 0.3 is 0 Å². The van der Waals surface area contributed by atoms with Crippen molar-refractivity contribution in [3.8, 4) is 0 Å². The van der Waals surface area contributed by atoms with E-state index in [-0.39, 0.29) is 11.3 Å². The van der Waals surface area contributed by atoms with Gasteiger partial charge in [-0.05, 0) is 46.8 Å². The zero-order chi connectivity index (χ0) is 22.8. The largest absolute Gasteiger partial charge is 0.294 e. The smallest absolute Gasteiger partial charge is 0.0804 e. The molecule has 2 aliphatic heterocycles. The highest BCUT2D eigenvalue weighted by atomic mass is 15.5. The van der Waals surface area contributed by atoms with Gasteiger partial charge in [0.25, 0.3) is 0 Å². The molecule has 10 atom stereocenters. The molecule has 3 heteroatoms. The van der Waals surface area contributed by atoms with Crippen LogP contribution in [0.5, 0.6) is 0 Å². The predicted molar refractivity (Wildman–Crippen MR) is 137 cm³/mol. The lowest BCUT2D eigenvalue weighted by molar-refractivity contribution is -0.00775. The number of benzene rings is 3. The Morgan fingerprint density at radius 2 is 1.00 bits per heavy atom. The SMILES string of the molecule is c1ccc(CN[C@]23[C@@H]4[C@@H]5[C@H]6C[C@H]7[C@@H]5[C@H]4[C@@](NCc4ccccc4)([C@@H]7[C@H]62)N3Cc2ccccc2)cc1. The van der Waals surface area contributed by atoms with Crippen molar-refractivity contribution in [2.24, 2.45) is 47.3 Å². The fourth-order valence-electron chi connectivity index (χ4n) is 11.0. The van der Waals surface area contributed by atoms with Gasteiger partial charge in [0.2, 0.25) is 0 Å². The Kier molecular flexibility index (Phi) is 3.74. The lowest BCUT2D eigenvalue weighted by Gasteiger charge is -2.49. The van der Waals surface area contributed by atoms with Gasteiger partial charge < -0.3 is 0 Å². The van der Waals surface area contributed by atoms with E-state index in [0.29, 0.717) is 0 Å². The zero-order valence-corrected chi connectivity index (χ0v) is 20.1. The summed E-state index contributed by atoms with van der Waals surface area (Å²) in [5, 5.41) is 8.64. The number of nitrogens with zero attached hydrogens (tertiary/aromatic N) is 1. The van der Waals surface area contributed by atoms with E-state index in [1.165, 1.54) is 23.1 Å². The van der Waals surface area contributed by atoms with E-state index < -0.39 is 0 Å². The summed E-state index contributed by atoms with van der Waals surface area (Å²) in [4.78, 5) is 3.00. The molecule has 0 unspecified atom stereocenters. The summed E-state index contributed by atoms with van der Waals surface area (Å²) in [5.41, 5.74) is 4.56. The third-order valence-corrected chi connectivity index (χ3v) is 11.4. The second-order valence-electron chi connectivity index (χ2n) is 12.2. The molecule has 3 aromatic carbocycles. The molecule has 2 N–H and O–H groups in total. The second kappa shape index (κ2) is 6.64. The Morgan fingerprint density at radius 1 is 0.571 bits per heavy atom. The molecule has 10 rings (SSSR count). The van der Waals surface area contributed by atoms with Gasteiger partial charge in [-0.3, -0.25) is 15.5 Å². The first-order valence-electron chi connectivity index (χ1n) is 13.7. The van der Waals surface area contributed by atoms with Crippen LogP contribution >= 0.6 is 0 Å². The van der Waals surface area contributed by atoms with Gasteiger partial charge in [0.15, 0.2) is 0 Å². The Balaban J connectivity index is 1.16. The average Bonchev–Trinajstić information content (AvgIpc) is 3.56. The molecular weight excluding hydrogens is 426 g/mol. The quantitative estimate of drug-likeness (QED) is 0.504. The number of nitrogens with one attached hydrogen (secondary N) is 2. The maximum atomic E-state index is 4.32. The van der Waals surface area contributed by atoms with Crippen molar-refractivity contribution in [2.45, 2.75) is 37.4 Å². The van der Waals surface area contributed by atoms with E-state index in [4.69, 9.17) is 0 Å². The van der Waals surface area contributed by atoms with Crippen LogP contribution in [0.3, 0.4) is 0 Å². The Hall–Kier alpha value is -2.46. The normalized spacial score (nSPS) is 44.6. The van der Waals surface area contributed by atoms with Gasteiger partial charge in [-0.25, -0.2) is 0 Å². The molecule has 4 bridgehead atoms. The van der Waals surface area contributed by atoms with Crippen molar-refractivity contribution in [3.63, 3.8) is 0 Å². The third-order valence-electron chi connectivity index (χ3n) is 11.4. The monoisotopic (exact) mass is 459 g/mol. The molecule has 0 aromatic heterocycles. The fourth-order valence-corrected chi connectivity index (χ4v) is 11.0. The summed E-state index contributed by atoms with van der Waals surface area (Å²) in [6, 6.07) is 33.4. The topological polar surface area (TPSA) is 27.3 Å². The zero-order valence-electron chi connectivity index (χ0n) is 20.1. The first-order valence-corrected chi connectivity index (χ1v) is 13.7. The maximum absolute atomic E-state index is 4.32. The second-order valence-corrected chi connectivity index (χ2v) is 12.2. The average molecular weight is 460 g/mol. The van der Waals surface area contributed by atoms with Gasteiger partial charge in [-0.1, -0.05) is 91.0 Å². The van der Waals surface area contributed by atoms with E-state index in [2.05, 4.69) is 107 Å². The minimum atomic E-state index is 0.141. The minimum Gasteiger partial charge on any atom is -0.294 e. The number of rotatable bonds is 8. The molecule has 2 saturated heterocycles. The number of hydrogen-bond acceptors (Lipinski definition) is 3. The molecule has 5 saturated carbocycles. The lowest BCUT2D eigenvalue weighted by Crippen LogP contribution is -2.61. The Morgan fingerprint density at radius 3 is 1.46 bits per heavy atom. The third kappa shape index (κ3) is 2.13. The molecule has 7 aliphatic rings. The van der Waals surface area contributed by atoms with Crippen molar-refractivity contribution in [1.29, 1.82) is 0 Å². The van der Waals surface area contributed by atoms with Crippen LogP contribution in [-0.2, 0) is 19.6 Å². The van der Waals surface area contributed by atoms with Crippen LogP contribution in [0.4, 0.5) is 0 Å². The molecule has 176 valence electrons. The van der Waals surface area contributed by atoms with Crippen molar-refractivity contribution >= 4 is 0 Å². The van der Waals surface area contributed by atoms with Crippen molar-refractivity contribution in [2.75, 3.05) is 0 Å². The first-order chi connectivity index (χ1) is 17.3. The summed E-state index contributed by atoms with van der Waals surface area (Å²) in [5.74, 6) is 7.04. The van der Waals surface area contributed by atoms with Crippen LogP contribution < -0.4 is 10.6 Å². The number of hydrogen-bond donors (Lipinski definition) is 2. The molecule has 35 heavy (non-hydrogen) atoms. The fraction of sp³-hybridized carbons (Fsp3) is 0.438. The van der Waals surface area contributed by atoms with Crippen LogP contribution in [0, 0.1) is 47.3 Å². The van der Waals surface area contributed by atoms with Crippen molar-refractivity contribution < 1.29 is 0 Å². The molecule has 5 aliphatic carbocycles. The summed E-state index contributed by atoms with van der Waals surface area (Å²) < 4.78 is 0. The lowest BCUT2D eigenvalue weighted by atomic mass is 9.57. The Labute approximate surface area is 207 Å². The highest BCUT2D eigenvalue weighted by Gasteiger charge is 2.98. The minimum absolute atomic E-state index is 0.141. The van der Waals surface area contributed by atoms with Gasteiger partial charge in [0.05, 0.1) is 11.3 Å². The van der Waals surface area contributed by atoms with E-state index in [0.717, 1.165) is 67.0 Å². The molecule has 2 heterocycles. The molecule has 0 amide bonds. The maximum Gasteiger partial charge on any atom is 0.0804 e. The Bertz CT molecular complexity index is 1190. The van der Waals surface area contributed by atoms with Crippen LogP contribution in [0.15, 0.2) is 91.0 Å². The predicted octanol–water partition coefficient (Wildman–Crippen LogP) is 4.86. The van der Waals surface area contributed by atoms with Crippen LogP contribution in [0.1, 0.15) is 23.1 Å². The van der Waals surface area contributed by atoms with Gasteiger partial charge in [0.1, 0.15) is 0 Å². The van der Waals surface area contributed by atoms with E-state index in [1.54, 1.807) is 0 Å². The molecule has 0 spiro atoms. The standard InChI is InChI=1S/C32H33N3/c1-4-10-20(11-5-1)17-33-31-27-23-16-24-26-25(23)29(31)30(26)32(28(24)27,34-18-21-12-6-2-7-13-21)35(31)19-22-14-8-3-9-15-22/h1-15,23-30,33-34H,16-19H2/t23-,24+,25-,26+,27-,28-,29+,30+,31+,32+/m0/s1. The van der Waals surface area contributed by atoms with Gasteiger partial charge in [0, 0.05) is 43.3 Å². The summed E-state index contributed by atoms with van der Waals surface area (Å²) >= 11 is 0. The molecular formula is C32H33N3.